The van der Waals surface area contributed by atoms with Crippen LogP contribution in [0.15, 0.2) is 24.3 Å². The number of nitrogens with one attached hydrogen (secondary N) is 1. The maximum absolute atomic E-state index is 12.7. The Morgan fingerprint density at radius 2 is 1.82 bits per heavy atom. The summed E-state index contributed by atoms with van der Waals surface area (Å²) >= 11 is 0. The van der Waals surface area contributed by atoms with Gasteiger partial charge in [0.15, 0.2) is 0 Å². The fourth-order valence-corrected chi connectivity index (χ4v) is 4.01. The van der Waals surface area contributed by atoms with E-state index in [4.69, 9.17) is 4.74 Å². The van der Waals surface area contributed by atoms with Crippen LogP contribution >= 0.6 is 0 Å². The van der Waals surface area contributed by atoms with Crippen LogP contribution in [0.1, 0.15) is 41.6 Å². The molecule has 2 heterocycles. The van der Waals surface area contributed by atoms with Gasteiger partial charge in [0, 0.05) is 51.3 Å². The third kappa shape index (κ3) is 6.04. The Labute approximate surface area is 168 Å². The zero-order chi connectivity index (χ0) is 19.8. The highest BCUT2D eigenvalue weighted by Crippen LogP contribution is 2.23. The summed E-state index contributed by atoms with van der Waals surface area (Å²) in [5.41, 5.74) is 1.84. The maximum atomic E-state index is 12.7. The zero-order valence-corrected chi connectivity index (χ0v) is 17.0. The van der Waals surface area contributed by atoms with E-state index in [1.807, 2.05) is 36.1 Å². The molecule has 0 saturated carbocycles. The van der Waals surface area contributed by atoms with Crippen LogP contribution in [0.2, 0.25) is 0 Å². The van der Waals surface area contributed by atoms with E-state index < -0.39 is 0 Å². The number of amides is 2. The number of hydrogen-bond donors (Lipinski definition) is 1. The van der Waals surface area contributed by atoms with Crippen molar-refractivity contribution in [2.24, 2.45) is 5.92 Å². The molecule has 0 radical (unpaired) electrons. The molecule has 3 rings (SSSR count). The number of likely N-dealkylation sites (tertiary alicyclic amines) is 1. The molecule has 0 aromatic heterocycles. The number of carbonyl (C=O) groups is 2. The van der Waals surface area contributed by atoms with Crippen LogP contribution in [0.3, 0.4) is 0 Å². The number of rotatable bonds is 7. The molecule has 1 N–H and O–H groups in total. The fraction of sp³-hybridized carbons (Fsp3) is 0.636. The Kier molecular flexibility index (Phi) is 7.86. The highest BCUT2D eigenvalue weighted by atomic mass is 16.5. The molecule has 0 bridgehead atoms. The van der Waals surface area contributed by atoms with Crippen molar-refractivity contribution in [1.82, 2.24) is 15.1 Å². The molecule has 1 aromatic rings. The molecular formula is C22H33N3O3. The number of hydrogen-bond acceptors (Lipinski definition) is 4. The SMILES string of the molecule is Cc1ccccc1C(=O)N1CCC(CCC(=O)NCCN2CCOCC2)CC1. The molecule has 2 amide bonds. The monoisotopic (exact) mass is 387 g/mol. The first-order valence-electron chi connectivity index (χ1n) is 10.5. The van der Waals surface area contributed by atoms with Crippen LogP contribution in [0, 0.1) is 12.8 Å². The second-order valence-electron chi connectivity index (χ2n) is 7.89. The summed E-state index contributed by atoms with van der Waals surface area (Å²) in [5, 5.41) is 3.04. The molecule has 2 aliphatic heterocycles. The summed E-state index contributed by atoms with van der Waals surface area (Å²) in [6.45, 7) is 8.66. The Morgan fingerprint density at radius 3 is 2.54 bits per heavy atom. The Bertz CT molecular complexity index is 650. The van der Waals surface area contributed by atoms with Crippen molar-refractivity contribution >= 4 is 11.8 Å². The van der Waals surface area contributed by atoms with Crippen molar-refractivity contribution in [3.63, 3.8) is 0 Å². The number of benzene rings is 1. The lowest BCUT2D eigenvalue weighted by Gasteiger charge is -2.32. The molecule has 154 valence electrons. The molecule has 6 heteroatoms. The average Bonchev–Trinajstić information content (AvgIpc) is 2.73. The van der Waals surface area contributed by atoms with Crippen LogP contribution in [0.4, 0.5) is 0 Å². The van der Waals surface area contributed by atoms with Gasteiger partial charge in [0.1, 0.15) is 0 Å². The minimum atomic E-state index is 0.136. The first-order valence-corrected chi connectivity index (χ1v) is 10.5. The average molecular weight is 388 g/mol. The molecule has 2 aliphatic rings. The van der Waals surface area contributed by atoms with Crippen LogP contribution in [-0.2, 0) is 9.53 Å². The lowest BCUT2D eigenvalue weighted by atomic mass is 9.91. The molecule has 28 heavy (non-hydrogen) atoms. The number of nitrogens with zero attached hydrogens (tertiary/aromatic N) is 2. The summed E-state index contributed by atoms with van der Waals surface area (Å²) in [5.74, 6) is 0.815. The molecular weight excluding hydrogens is 354 g/mol. The van der Waals surface area contributed by atoms with Gasteiger partial charge in [-0.15, -0.1) is 0 Å². The molecule has 0 aliphatic carbocycles. The maximum Gasteiger partial charge on any atom is 0.254 e. The van der Waals surface area contributed by atoms with Gasteiger partial charge >= 0.3 is 0 Å². The van der Waals surface area contributed by atoms with Gasteiger partial charge in [-0.25, -0.2) is 0 Å². The van der Waals surface area contributed by atoms with E-state index in [0.717, 1.165) is 76.3 Å². The van der Waals surface area contributed by atoms with E-state index in [-0.39, 0.29) is 11.8 Å². The Balaban J connectivity index is 1.31. The lowest BCUT2D eigenvalue weighted by molar-refractivity contribution is -0.121. The molecule has 2 saturated heterocycles. The number of piperidine rings is 1. The molecule has 6 nitrogen and oxygen atoms in total. The van der Waals surface area contributed by atoms with Crippen molar-refractivity contribution < 1.29 is 14.3 Å². The third-order valence-electron chi connectivity index (χ3n) is 5.91. The topological polar surface area (TPSA) is 61.9 Å². The van der Waals surface area contributed by atoms with Gasteiger partial charge in [0.25, 0.3) is 5.91 Å². The fourth-order valence-electron chi connectivity index (χ4n) is 4.01. The second-order valence-corrected chi connectivity index (χ2v) is 7.89. The van der Waals surface area contributed by atoms with E-state index in [2.05, 4.69) is 10.2 Å². The van der Waals surface area contributed by atoms with Crippen LogP contribution in [0.5, 0.6) is 0 Å². The quantitative estimate of drug-likeness (QED) is 0.778. The Hall–Kier alpha value is -1.92. The normalized spacial score (nSPS) is 18.8. The molecule has 2 fully saturated rings. The standard InChI is InChI=1S/C22H33N3O3/c1-18-4-2-3-5-20(18)22(27)25-11-8-19(9-12-25)6-7-21(26)23-10-13-24-14-16-28-17-15-24/h2-5,19H,6-17H2,1H3,(H,23,26). The Morgan fingerprint density at radius 1 is 1.11 bits per heavy atom. The van der Waals surface area contributed by atoms with Crippen molar-refractivity contribution in [3.05, 3.63) is 35.4 Å². The van der Waals surface area contributed by atoms with E-state index >= 15 is 0 Å². The number of morpholine rings is 1. The smallest absolute Gasteiger partial charge is 0.254 e. The summed E-state index contributed by atoms with van der Waals surface area (Å²) in [4.78, 5) is 29.1. The van der Waals surface area contributed by atoms with Crippen LogP contribution in [-0.4, -0.2) is 74.1 Å². The van der Waals surface area contributed by atoms with Gasteiger partial charge in [-0.05, 0) is 43.7 Å². The first-order chi connectivity index (χ1) is 13.6. The van der Waals surface area contributed by atoms with Gasteiger partial charge in [-0.3, -0.25) is 14.5 Å². The van der Waals surface area contributed by atoms with Gasteiger partial charge in [-0.1, -0.05) is 18.2 Å². The number of carbonyl (C=O) groups excluding carboxylic acids is 2. The van der Waals surface area contributed by atoms with Gasteiger partial charge in [0.2, 0.25) is 5.91 Å². The van der Waals surface area contributed by atoms with E-state index in [1.54, 1.807) is 0 Å². The van der Waals surface area contributed by atoms with Crippen molar-refractivity contribution in [2.45, 2.75) is 32.6 Å². The summed E-state index contributed by atoms with van der Waals surface area (Å²) < 4.78 is 5.33. The summed E-state index contributed by atoms with van der Waals surface area (Å²) in [6.07, 6.45) is 3.46. The molecule has 0 atom stereocenters. The highest BCUT2D eigenvalue weighted by molar-refractivity contribution is 5.95. The summed E-state index contributed by atoms with van der Waals surface area (Å²) in [6, 6.07) is 7.78. The predicted molar refractivity (Wildman–Crippen MR) is 109 cm³/mol. The number of aryl methyl sites for hydroxylation is 1. The molecule has 0 spiro atoms. The van der Waals surface area contributed by atoms with Gasteiger partial charge in [-0.2, -0.15) is 0 Å². The van der Waals surface area contributed by atoms with E-state index in [9.17, 15) is 9.59 Å². The van der Waals surface area contributed by atoms with Crippen molar-refractivity contribution in [2.75, 3.05) is 52.5 Å². The predicted octanol–water partition coefficient (Wildman–Crippen LogP) is 2.08. The third-order valence-corrected chi connectivity index (χ3v) is 5.91. The van der Waals surface area contributed by atoms with Crippen molar-refractivity contribution in [1.29, 1.82) is 0 Å². The minimum Gasteiger partial charge on any atom is -0.379 e. The summed E-state index contributed by atoms with van der Waals surface area (Å²) in [7, 11) is 0. The van der Waals surface area contributed by atoms with Crippen molar-refractivity contribution in [3.8, 4) is 0 Å². The largest absolute Gasteiger partial charge is 0.379 e. The van der Waals surface area contributed by atoms with Crippen LogP contribution < -0.4 is 5.32 Å². The number of ether oxygens (including phenoxy) is 1. The highest BCUT2D eigenvalue weighted by Gasteiger charge is 2.24. The van der Waals surface area contributed by atoms with Crippen LogP contribution in [0.25, 0.3) is 0 Å². The zero-order valence-electron chi connectivity index (χ0n) is 17.0. The molecule has 1 aromatic carbocycles. The lowest BCUT2D eigenvalue weighted by Crippen LogP contribution is -2.41. The van der Waals surface area contributed by atoms with E-state index in [1.165, 1.54) is 0 Å². The minimum absolute atomic E-state index is 0.136. The second kappa shape index (κ2) is 10.6. The van der Waals surface area contributed by atoms with Gasteiger partial charge in [0.05, 0.1) is 13.2 Å². The van der Waals surface area contributed by atoms with E-state index in [0.29, 0.717) is 18.9 Å². The van der Waals surface area contributed by atoms with Gasteiger partial charge < -0.3 is 15.0 Å². The molecule has 0 unspecified atom stereocenters. The first kappa shape index (κ1) is 20.8.